The maximum absolute atomic E-state index is 12.7. The lowest BCUT2D eigenvalue weighted by atomic mass is 10.3. The highest BCUT2D eigenvalue weighted by Gasteiger charge is 2.28. The Bertz CT molecular complexity index is 357. The topological polar surface area (TPSA) is 81.2 Å². The Hall–Kier alpha value is -1.21. The molecule has 1 heterocycles. The third-order valence-corrected chi connectivity index (χ3v) is 1.77. The summed E-state index contributed by atoms with van der Waals surface area (Å²) in [5, 5.41) is 2.03. The average molecular weight is 256 g/mol. The van der Waals surface area contributed by atoms with Crippen molar-refractivity contribution in [3.05, 3.63) is 17.8 Å². The van der Waals surface area contributed by atoms with E-state index in [4.69, 9.17) is 10.2 Å². The minimum absolute atomic E-state index is 0. The van der Waals surface area contributed by atoms with Crippen LogP contribution in [0.5, 0.6) is 0 Å². The van der Waals surface area contributed by atoms with Crippen LogP contribution in [-0.2, 0) is 0 Å². The summed E-state index contributed by atoms with van der Waals surface area (Å²) in [6.45, 7) is -0.108. The van der Waals surface area contributed by atoms with Crippen LogP contribution in [0, 0.1) is 6.92 Å². The molecule has 0 atom stereocenters. The molecule has 92 valence electrons. The fraction of sp³-hybridized carbons (Fsp3) is 0.500. The molecule has 1 aromatic heterocycles. The molecule has 0 unspecified atom stereocenters. The molecule has 0 saturated heterocycles. The first-order valence-electron chi connectivity index (χ1n) is 4.22. The lowest BCUT2D eigenvalue weighted by Crippen LogP contribution is -2.41. The van der Waals surface area contributed by atoms with Gasteiger partial charge in [-0.15, -0.1) is 12.4 Å². The SMILES string of the molecule is Cc1ocnc1C(=O)NCC(F)(F)CN.Cl. The van der Waals surface area contributed by atoms with Gasteiger partial charge >= 0.3 is 0 Å². The predicted molar refractivity (Wildman–Crippen MR) is 54.8 cm³/mol. The first kappa shape index (κ1) is 14.8. The fourth-order valence-corrected chi connectivity index (χ4v) is 0.889. The number of aryl methyl sites for hydroxylation is 1. The van der Waals surface area contributed by atoms with E-state index in [0.717, 1.165) is 6.39 Å². The number of amides is 1. The van der Waals surface area contributed by atoms with E-state index in [0.29, 0.717) is 0 Å². The maximum atomic E-state index is 12.7. The molecule has 1 aromatic rings. The van der Waals surface area contributed by atoms with Crippen LogP contribution in [0.15, 0.2) is 10.8 Å². The van der Waals surface area contributed by atoms with Gasteiger partial charge in [-0.2, -0.15) is 0 Å². The zero-order valence-electron chi connectivity index (χ0n) is 8.50. The number of carbonyl (C=O) groups is 1. The Morgan fingerprint density at radius 1 is 1.69 bits per heavy atom. The average Bonchev–Trinajstić information content (AvgIpc) is 2.61. The van der Waals surface area contributed by atoms with Gasteiger partial charge in [0.25, 0.3) is 11.8 Å². The number of oxazole rings is 1. The highest BCUT2D eigenvalue weighted by molar-refractivity contribution is 5.93. The third-order valence-electron chi connectivity index (χ3n) is 1.77. The van der Waals surface area contributed by atoms with E-state index in [1.165, 1.54) is 6.92 Å². The summed E-state index contributed by atoms with van der Waals surface area (Å²) in [6, 6.07) is 0. The van der Waals surface area contributed by atoms with Gasteiger partial charge in [0.05, 0.1) is 13.1 Å². The number of alkyl halides is 2. The van der Waals surface area contributed by atoms with E-state index >= 15 is 0 Å². The van der Waals surface area contributed by atoms with Crippen LogP contribution in [0.4, 0.5) is 8.78 Å². The normalized spacial score (nSPS) is 10.8. The first-order chi connectivity index (χ1) is 6.96. The molecular formula is C8H12ClF2N3O2. The molecule has 16 heavy (non-hydrogen) atoms. The molecule has 0 aliphatic rings. The molecule has 0 aliphatic heterocycles. The van der Waals surface area contributed by atoms with Crippen LogP contribution in [-0.4, -0.2) is 29.9 Å². The molecule has 0 aliphatic carbocycles. The van der Waals surface area contributed by atoms with Crippen molar-refractivity contribution in [2.24, 2.45) is 5.73 Å². The van der Waals surface area contributed by atoms with Crippen molar-refractivity contribution in [2.75, 3.05) is 13.1 Å². The summed E-state index contributed by atoms with van der Waals surface area (Å²) in [5.74, 6) is -3.52. The van der Waals surface area contributed by atoms with Crippen molar-refractivity contribution >= 4 is 18.3 Å². The third kappa shape index (κ3) is 3.74. The molecule has 0 radical (unpaired) electrons. The van der Waals surface area contributed by atoms with E-state index in [9.17, 15) is 13.6 Å². The largest absolute Gasteiger partial charge is 0.448 e. The van der Waals surface area contributed by atoms with Crippen molar-refractivity contribution in [1.82, 2.24) is 10.3 Å². The monoisotopic (exact) mass is 255 g/mol. The molecule has 0 saturated carbocycles. The molecule has 0 fully saturated rings. The van der Waals surface area contributed by atoms with E-state index in [1.807, 2.05) is 5.32 Å². The van der Waals surface area contributed by atoms with E-state index < -0.39 is 24.9 Å². The maximum Gasteiger partial charge on any atom is 0.277 e. The smallest absolute Gasteiger partial charge is 0.277 e. The van der Waals surface area contributed by atoms with Gasteiger partial charge in [-0.3, -0.25) is 4.79 Å². The molecule has 1 amide bonds. The Morgan fingerprint density at radius 3 is 2.75 bits per heavy atom. The molecule has 1 rings (SSSR count). The van der Waals surface area contributed by atoms with Crippen molar-refractivity contribution in [3.63, 3.8) is 0 Å². The second kappa shape index (κ2) is 5.76. The lowest BCUT2D eigenvalue weighted by molar-refractivity contribution is 0.0118. The molecule has 0 bridgehead atoms. The Balaban J connectivity index is 0.00000225. The van der Waals surface area contributed by atoms with Gasteiger partial charge in [0.2, 0.25) is 0 Å². The fourth-order valence-electron chi connectivity index (χ4n) is 0.889. The summed E-state index contributed by atoms with van der Waals surface area (Å²) in [5.41, 5.74) is 4.81. The minimum atomic E-state index is -3.10. The van der Waals surface area contributed by atoms with Crippen LogP contribution in [0.2, 0.25) is 0 Å². The van der Waals surface area contributed by atoms with Crippen molar-refractivity contribution < 1.29 is 18.0 Å². The molecule has 3 N–H and O–H groups in total. The van der Waals surface area contributed by atoms with Crippen LogP contribution >= 0.6 is 12.4 Å². The summed E-state index contributed by atoms with van der Waals surface area (Å²) in [6.07, 6.45) is 1.07. The van der Waals surface area contributed by atoms with Crippen LogP contribution in [0.25, 0.3) is 0 Å². The van der Waals surface area contributed by atoms with Gasteiger partial charge in [-0.05, 0) is 6.92 Å². The number of nitrogens with zero attached hydrogens (tertiary/aromatic N) is 1. The molecular weight excluding hydrogens is 244 g/mol. The molecule has 8 heteroatoms. The summed E-state index contributed by atoms with van der Waals surface area (Å²) in [7, 11) is 0. The zero-order valence-corrected chi connectivity index (χ0v) is 9.31. The molecule has 0 spiro atoms. The van der Waals surface area contributed by atoms with E-state index in [1.54, 1.807) is 0 Å². The van der Waals surface area contributed by atoms with Gasteiger partial charge in [0.1, 0.15) is 5.76 Å². The minimum Gasteiger partial charge on any atom is -0.448 e. The Morgan fingerprint density at radius 2 is 2.31 bits per heavy atom. The first-order valence-corrected chi connectivity index (χ1v) is 4.22. The number of halogens is 3. The van der Waals surface area contributed by atoms with Gasteiger partial charge in [0, 0.05) is 0 Å². The molecule has 0 aromatic carbocycles. The summed E-state index contributed by atoms with van der Waals surface area (Å²) < 4.78 is 30.1. The Labute approximate surface area is 96.8 Å². The lowest BCUT2D eigenvalue weighted by Gasteiger charge is -2.13. The second-order valence-electron chi connectivity index (χ2n) is 3.00. The van der Waals surface area contributed by atoms with Gasteiger partial charge < -0.3 is 15.5 Å². The van der Waals surface area contributed by atoms with E-state index in [2.05, 4.69) is 4.98 Å². The highest BCUT2D eigenvalue weighted by atomic mass is 35.5. The van der Waals surface area contributed by atoms with E-state index in [-0.39, 0.29) is 23.9 Å². The number of carbonyl (C=O) groups excluding carboxylic acids is 1. The number of aromatic nitrogens is 1. The highest BCUT2D eigenvalue weighted by Crippen LogP contribution is 2.10. The van der Waals surface area contributed by atoms with Gasteiger partial charge in [-0.1, -0.05) is 0 Å². The summed E-state index contributed by atoms with van der Waals surface area (Å²) in [4.78, 5) is 14.9. The molecule has 5 nitrogen and oxygen atoms in total. The number of hydrogen-bond acceptors (Lipinski definition) is 4. The van der Waals surface area contributed by atoms with Crippen LogP contribution in [0.3, 0.4) is 0 Å². The predicted octanol–water partition coefficient (Wildman–Crippen LogP) is 0.729. The van der Waals surface area contributed by atoms with Crippen molar-refractivity contribution in [1.29, 1.82) is 0 Å². The van der Waals surface area contributed by atoms with Crippen molar-refractivity contribution in [2.45, 2.75) is 12.8 Å². The Kier molecular flexibility index (Phi) is 5.32. The number of rotatable bonds is 4. The van der Waals surface area contributed by atoms with Crippen LogP contribution in [0.1, 0.15) is 16.2 Å². The van der Waals surface area contributed by atoms with Gasteiger partial charge in [-0.25, -0.2) is 13.8 Å². The van der Waals surface area contributed by atoms with Gasteiger partial charge in [0.15, 0.2) is 12.1 Å². The second-order valence-corrected chi connectivity index (χ2v) is 3.00. The van der Waals surface area contributed by atoms with Crippen molar-refractivity contribution in [3.8, 4) is 0 Å². The quantitative estimate of drug-likeness (QED) is 0.831. The summed E-state index contributed by atoms with van der Waals surface area (Å²) >= 11 is 0. The number of nitrogens with two attached hydrogens (primary N) is 1. The number of hydrogen-bond donors (Lipinski definition) is 2. The number of nitrogens with one attached hydrogen (secondary N) is 1. The standard InChI is InChI=1S/C8H11F2N3O2.ClH/c1-5-6(13-4-15-5)7(14)12-3-8(9,10)2-11;/h4H,2-3,11H2,1H3,(H,12,14);1H. The zero-order chi connectivity index (χ0) is 11.5. The van der Waals surface area contributed by atoms with Crippen LogP contribution < -0.4 is 11.1 Å².